The van der Waals surface area contributed by atoms with E-state index in [0.29, 0.717) is 23.0 Å². The lowest BCUT2D eigenvalue weighted by molar-refractivity contribution is -0.120. The zero-order valence-corrected chi connectivity index (χ0v) is 13.5. The molecule has 1 saturated heterocycles. The highest BCUT2D eigenvalue weighted by molar-refractivity contribution is 6.33. The van der Waals surface area contributed by atoms with Crippen LogP contribution in [0, 0.1) is 0 Å². The second-order valence-corrected chi connectivity index (χ2v) is 6.03. The highest BCUT2D eigenvalue weighted by atomic mass is 35.5. The minimum atomic E-state index is -0.370. The predicted molar refractivity (Wildman–Crippen MR) is 91.2 cm³/mol. The van der Waals surface area contributed by atoms with Gasteiger partial charge in [-0.25, -0.2) is 4.98 Å². The molecule has 24 heavy (non-hydrogen) atoms. The van der Waals surface area contributed by atoms with Gasteiger partial charge in [0, 0.05) is 18.9 Å². The zero-order chi connectivity index (χ0) is 16.5. The molecule has 3 aromatic rings. The van der Waals surface area contributed by atoms with Crippen LogP contribution in [0.3, 0.4) is 0 Å². The lowest BCUT2D eigenvalue weighted by Crippen LogP contribution is -2.48. The molecule has 0 radical (unpaired) electrons. The van der Waals surface area contributed by atoms with Crippen LogP contribution in [0.15, 0.2) is 43.0 Å². The smallest absolute Gasteiger partial charge is 0.249 e. The quantitative estimate of drug-likeness (QED) is 0.791. The standard InChI is InChI=1S/C16H15ClN6O/c17-11-4-1-2-6-13(11)23-8-3-5-12(16(23)24)20-14-15-21-19-10-22(15)9-7-18-14/h1-2,4,6-7,9-10,12H,3,5,8H2,(H,18,20)/t12-/m1/s1. The Morgan fingerprint density at radius 3 is 3.04 bits per heavy atom. The van der Waals surface area contributed by atoms with Crippen molar-refractivity contribution >= 4 is 34.7 Å². The first-order valence-corrected chi connectivity index (χ1v) is 8.08. The third-order valence-electron chi connectivity index (χ3n) is 4.11. The van der Waals surface area contributed by atoms with Gasteiger partial charge in [-0.3, -0.25) is 9.20 Å². The summed E-state index contributed by atoms with van der Waals surface area (Å²) in [5, 5.41) is 11.7. The molecule has 1 aliphatic heterocycles. The maximum atomic E-state index is 12.9. The van der Waals surface area contributed by atoms with Crippen LogP contribution in [0.2, 0.25) is 5.02 Å². The number of aromatic nitrogens is 4. The summed E-state index contributed by atoms with van der Waals surface area (Å²) in [6.07, 6.45) is 6.62. The molecule has 1 N–H and O–H groups in total. The summed E-state index contributed by atoms with van der Waals surface area (Å²) < 4.78 is 1.76. The number of nitrogens with zero attached hydrogens (tertiary/aromatic N) is 5. The number of rotatable bonds is 3. The lowest BCUT2D eigenvalue weighted by Gasteiger charge is -2.33. The number of piperidine rings is 1. The summed E-state index contributed by atoms with van der Waals surface area (Å²) in [6, 6.07) is 7.01. The SMILES string of the molecule is O=C1[C@H](Nc2nccn3cnnc23)CCCN1c1ccccc1Cl. The molecular weight excluding hydrogens is 328 g/mol. The number of hydrogen-bond acceptors (Lipinski definition) is 5. The van der Waals surface area contributed by atoms with E-state index in [1.165, 1.54) is 0 Å². The first-order valence-electron chi connectivity index (χ1n) is 7.71. The first-order chi connectivity index (χ1) is 11.7. The number of benzene rings is 1. The van der Waals surface area contributed by atoms with E-state index in [4.69, 9.17) is 11.6 Å². The lowest BCUT2D eigenvalue weighted by atomic mass is 10.0. The van der Waals surface area contributed by atoms with Crippen LogP contribution in [0.1, 0.15) is 12.8 Å². The first kappa shape index (κ1) is 14.9. The molecule has 1 aliphatic rings. The van der Waals surface area contributed by atoms with E-state index < -0.39 is 0 Å². The molecule has 7 nitrogen and oxygen atoms in total. The van der Waals surface area contributed by atoms with Crippen LogP contribution in [-0.4, -0.2) is 38.1 Å². The van der Waals surface area contributed by atoms with Crippen molar-refractivity contribution in [3.8, 4) is 0 Å². The number of anilines is 2. The van der Waals surface area contributed by atoms with Crippen molar-refractivity contribution in [1.29, 1.82) is 0 Å². The molecule has 1 amide bonds. The molecular formula is C16H15ClN6O. The fraction of sp³-hybridized carbons (Fsp3) is 0.250. The van der Waals surface area contributed by atoms with Gasteiger partial charge in [0.1, 0.15) is 12.4 Å². The van der Waals surface area contributed by atoms with Gasteiger partial charge in [0.15, 0.2) is 5.82 Å². The van der Waals surface area contributed by atoms with E-state index in [-0.39, 0.29) is 11.9 Å². The number of carbonyl (C=O) groups is 1. The summed E-state index contributed by atoms with van der Waals surface area (Å²) in [6.45, 7) is 0.656. The molecule has 4 rings (SSSR count). The van der Waals surface area contributed by atoms with Crippen molar-refractivity contribution in [2.45, 2.75) is 18.9 Å². The van der Waals surface area contributed by atoms with Crippen LogP contribution >= 0.6 is 11.6 Å². The molecule has 3 heterocycles. The Morgan fingerprint density at radius 2 is 2.17 bits per heavy atom. The van der Waals surface area contributed by atoms with Gasteiger partial charge in [-0.15, -0.1) is 10.2 Å². The van der Waals surface area contributed by atoms with Crippen molar-refractivity contribution in [1.82, 2.24) is 19.6 Å². The average Bonchev–Trinajstić information content (AvgIpc) is 3.07. The van der Waals surface area contributed by atoms with Crippen molar-refractivity contribution < 1.29 is 4.79 Å². The van der Waals surface area contributed by atoms with Gasteiger partial charge in [-0.1, -0.05) is 23.7 Å². The van der Waals surface area contributed by atoms with Gasteiger partial charge in [-0.05, 0) is 25.0 Å². The molecule has 1 aromatic carbocycles. The number of para-hydroxylation sites is 1. The largest absolute Gasteiger partial charge is 0.355 e. The van der Waals surface area contributed by atoms with Crippen LogP contribution in [0.5, 0.6) is 0 Å². The van der Waals surface area contributed by atoms with E-state index in [1.54, 1.807) is 34.1 Å². The topological polar surface area (TPSA) is 75.4 Å². The van der Waals surface area contributed by atoms with Crippen LogP contribution < -0.4 is 10.2 Å². The Balaban J connectivity index is 1.61. The van der Waals surface area contributed by atoms with Gasteiger partial charge in [-0.2, -0.15) is 0 Å². The van der Waals surface area contributed by atoms with Crippen molar-refractivity contribution in [3.05, 3.63) is 48.0 Å². The van der Waals surface area contributed by atoms with E-state index in [9.17, 15) is 4.79 Å². The molecule has 0 saturated carbocycles. The van der Waals surface area contributed by atoms with Crippen molar-refractivity contribution in [3.63, 3.8) is 0 Å². The second-order valence-electron chi connectivity index (χ2n) is 5.62. The number of hydrogen-bond donors (Lipinski definition) is 1. The van der Waals surface area contributed by atoms with Crippen LogP contribution in [0.4, 0.5) is 11.5 Å². The number of halogens is 1. The van der Waals surface area contributed by atoms with Gasteiger partial charge < -0.3 is 10.2 Å². The maximum Gasteiger partial charge on any atom is 0.249 e. The van der Waals surface area contributed by atoms with Crippen LogP contribution in [0.25, 0.3) is 5.65 Å². The molecule has 1 atom stereocenters. The Hall–Kier alpha value is -2.67. The Labute approximate surface area is 143 Å². The zero-order valence-electron chi connectivity index (χ0n) is 12.8. The molecule has 0 bridgehead atoms. The normalized spacial score (nSPS) is 18.1. The molecule has 1 fully saturated rings. The Morgan fingerprint density at radius 1 is 1.29 bits per heavy atom. The monoisotopic (exact) mass is 342 g/mol. The Kier molecular flexibility index (Phi) is 3.78. The molecule has 0 aliphatic carbocycles. The fourth-order valence-electron chi connectivity index (χ4n) is 2.94. The summed E-state index contributed by atoms with van der Waals surface area (Å²) >= 11 is 6.25. The third kappa shape index (κ3) is 2.56. The maximum absolute atomic E-state index is 12.9. The molecule has 8 heteroatoms. The van der Waals surface area contributed by atoms with Crippen molar-refractivity contribution in [2.75, 3.05) is 16.8 Å². The summed E-state index contributed by atoms with van der Waals surface area (Å²) in [5.41, 5.74) is 1.34. The average molecular weight is 343 g/mol. The number of amides is 1. The highest BCUT2D eigenvalue weighted by Gasteiger charge is 2.31. The molecule has 2 aromatic heterocycles. The third-order valence-corrected chi connectivity index (χ3v) is 4.43. The molecule has 122 valence electrons. The van der Waals surface area contributed by atoms with Gasteiger partial charge in [0.25, 0.3) is 0 Å². The van der Waals surface area contributed by atoms with Gasteiger partial charge >= 0.3 is 0 Å². The highest BCUT2D eigenvalue weighted by Crippen LogP contribution is 2.29. The minimum absolute atomic E-state index is 0.0160. The number of nitrogens with one attached hydrogen (secondary N) is 1. The van der Waals surface area contributed by atoms with Gasteiger partial charge in [0.2, 0.25) is 11.6 Å². The van der Waals surface area contributed by atoms with Gasteiger partial charge in [0.05, 0.1) is 10.7 Å². The Bertz CT molecular complexity index is 895. The van der Waals surface area contributed by atoms with Crippen molar-refractivity contribution in [2.24, 2.45) is 0 Å². The molecule has 0 spiro atoms. The second kappa shape index (κ2) is 6.09. The summed E-state index contributed by atoms with van der Waals surface area (Å²) in [5.74, 6) is 0.534. The van der Waals surface area contributed by atoms with E-state index >= 15 is 0 Å². The van der Waals surface area contributed by atoms with E-state index in [2.05, 4.69) is 20.5 Å². The predicted octanol–water partition coefficient (Wildman–Crippen LogP) is 2.39. The van der Waals surface area contributed by atoms with E-state index in [1.807, 2.05) is 18.2 Å². The van der Waals surface area contributed by atoms with E-state index in [0.717, 1.165) is 18.5 Å². The fourth-order valence-corrected chi connectivity index (χ4v) is 3.18. The number of fused-ring (bicyclic) bond motifs is 1. The minimum Gasteiger partial charge on any atom is -0.355 e. The summed E-state index contributed by atoms with van der Waals surface area (Å²) in [4.78, 5) is 18.9. The number of carbonyl (C=O) groups excluding carboxylic acids is 1. The van der Waals surface area contributed by atoms with Crippen LogP contribution in [-0.2, 0) is 4.79 Å². The summed E-state index contributed by atoms with van der Waals surface area (Å²) in [7, 11) is 0. The molecule has 0 unspecified atom stereocenters.